The largest absolute Gasteiger partial charge is 0.444 e. The SMILES string of the molecule is CC.Cn1cc(C(=O)NC(Cc2ccccc2)C(=O)C=O)c(N2CCN(C(=O)OC(C)(C)C)CC2)n1. The lowest BCUT2D eigenvalue weighted by atomic mass is 10.0. The Balaban J connectivity index is 0.00000222. The van der Waals surface area contributed by atoms with Gasteiger partial charge in [0, 0.05) is 45.8 Å². The molecule has 3 rings (SSSR count). The molecular formula is C26H37N5O5. The van der Waals surface area contributed by atoms with Crippen LogP contribution in [0.2, 0.25) is 0 Å². The van der Waals surface area contributed by atoms with Crippen LogP contribution in [0.5, 0.6) is 0 Å². The molecule has 2 amide bonds. The van der Waals surface area contributed by atoms with Crippen LogP contribution in [0, 0.1) is 0 Å². The lowest BCUT2D eigenvalue weighted by Crippen LogP contribution is -2.50. The van der Waals surface area contributed by atoms with E-state index in [9.17, 15) is 19.2 Å². The zero-order valence-corrected chi connectivity index (χ0v) is 22.0. The van der Waals surface area contributed by atoms with E-state index in [0.717, 1.165) is 5.56 Å². The van der Waals surface area contributed by atoms with Gasteiger partial charge < -0.3 is 19.9 Å². The first-order valence-electron chi connectivity index (χ1n) is 12.2. The third kappa shape index (κ3) is 7.93. The van der Waals surface area contributed by atoms with Crippen molar-refractivity contribution in [1.82, 2.24) is 20.0 Å². The van der Waals surface area contributed by atoms with Crippen molar-refractivity contribution in [2.75, 3.05) is 31.1 Å². The lowest BCUT2D eigenvalue weighted by Gasteiger charge is -2.36. The average Bonchev–Trinajstić information content (AvgIpc) is 3.26. The average molecular weight is 500 g/mol. The van der Waals surface area contributed by atoms with Gasteiger partial charge in [-0.05, 0) is 26.3 Å². The monoisotopic (exact) mass is 499 g/mol. The van der Waals surface area contributed by atoms with Gasteiger partial charge in [0.1, 0.15) is 11.2 Å². The van der Waals surface area contributed by atoms with Gasteiger partial charge >= 0.3 is 6.09 Å². The standard InChI is InChI=1S/C24H31N5O5.C2H6/c1-24(2,3)34-23(33)29-12-10-28(11-13-29)21-18(15-27(4)26-21)22(32)25-19(20(31)16-30)14-17-8-6-5-7-9-17;1-2/h5-9,15-16,19H,10-14H2,1-4H3,(H,25,32);1-2H3. The summed E-state index contributed by atoms with van der Waals surface area (Å²) in [6, 6.07) is 8.19. The van der Waals surface area contributed by atoms with Gasteiger partial charge in [-0.3, -0.25) is 19.1 Å². The van der Waals surface area contributed by atoms with Gasteiger partial charge in [0.2, 0.25) is 5.78 Å². The highest BCUT2D eigenvalue weighted by Gasteiger charge is 2.30. The van der Waals surface area contributed by atoms with E-state index in [2.05, 4.69) is 10.4 Å². The third-order valence-corrected chi connectivity index (χ3v) is 5.33. The smallest absolute Gasteiger partial charge is 0.410 e. The minimum atomic E-state index is -0.982. The molecule has 2 aromatic rings. The zero-order chi connectivity index (χ0) is 26.9. The molecule has 1 aliphatic heterocycles. The highest BCUT2D eigenvalue weighted by molar-refractivity contribution is 6.28. The van der Waals surface area contributed by atoms with Gasteiger partial charge in [-0.2, -0.15) is 5.10 Å². The number of nitrogens with zero attached hydrogens (tertiary/aromatic N) is 4. The Morgan fingerprint density at radius 2 is 1.69 bits per heavy atom. The predicted molar refractivity (Wildman–Crippen MR) is 137 cm³/mol. The summed E-state index contributed by atoms with van der Waals surface area (Å²) < 4.78 is 6.96. The number of ether oxygens (including phenoxy) is 1. The van der Waals surface area contributed by atoms with Gasteiger partial charge in [-0.25, -0.2) is 4.79 Å². The summed E-state index contributed by atoms with van der Waals surface area (Å²) in [4.78, 5) is 52.4. The van der Waals surface area contributed by atoms with E-state index >= 15 is 0 Å². The topological polar surface area (TPSA) is 114 Å². The molecule has 0 bridgehead atoms. The number of carbonyl (C=O) groups excluding carboxylic acids is 4. The Hall–Kier alpha value is -3.69. The molecule has 36 heavy (non-hydrogen) atoms. The summed E-state index contributed by atoms with van der Waals surface area (Å²) in [5.41, 5.74) is 0.549. The Morgan fingerprint density at radius 1 is 1.08 bits per heavy atom. The van der Waals surface area contributed by atoms with Crippen molar-refractivity contribution < 1.29 is 23.9 Å². The van der Waals surface area contributed by atoms with Crippen molar-refractivity contribution in [2.45, 2.75) is 52.7 Å². The minimum absolute atomic E-state index is 0.203. The van der Waals surface area contributed by atoms with Crippen molar-refractivity contribution in [3.05, 3.63) is 47.7 Å². The fraction of sp³-hybridized carbons (Fsp3) is 0.500. The van der Waals surface area contributed by atoms with Crippen molar-refractivity contribution in [3.63, 3.8) is 0 Å². The molecule has 0 saturated carbocycles. The van der Waals surface area contributed by atoms with Crippen molar-refractivity contribution in [3.8, 4) is 0 Å². The summed E-state index contributed by atoms with van der Waals surface area (Å²) in [5.74, 6) is -0.733. The molecule has 1 saturated heterocycles. The number of hydrogen-bond donors (Lipinski definition) is 1. The van der Waals surface area contributed by atoms with Gasteiger partial charge in [0.15, 0.2) is 12.1 Å². The number of aromatic nitrogens is 2. The third-order valence-electron chi connectivity index (χ3n) is 5.33. The predicted octanol–water partition coefficient (Wildman–Crippen LogP) is 2.61. The van der Waals surface area contributed by atoms with E-state index in [4.69, 9.17) is 4.74 Å². The second kappa shape index (κ2) is 12.9. The number of piperazine rings is 1. The number of amides is 2. The molecule has 0 radical (unpaired) electrons. The van der Waals surface area contributed by atoms with Crippen molar-refractivity contribution in [1.29, 1.82) is 0 Å². The maximum absolute atomic E-state index is 13.1. The van der Waals surface area contributed by atoms with E-state index < -0.39 is 23.3 Å². The first-order chi connectivity index (χ1) is 17.1. The van der Waals surface area contributed by atoms with Gasteiger partial charge in [0.25, 0.3) is 5.91 Å². The van der Waals surface area contributed by atoms with E-state index in [1.165, 1.54) is 4.68 Å². The summed E-state index contributed by atoms with van der Waals surface area (Å²) in [5, 5.41) is 7.13. The normalized spacial score (nSPS) is 14.3. The summed E-state index contributed by atoms with van der Waals surface area (Å²) in [6.07, 6.45) is 1.64. The number of ketones is 1. The van der Waals surface area contributed by atoms with E-state index in [0.29, 0.717) is 37.6 Å². The highest BCUT2D eigenvalue weighted by Crippen LogP contribution is 2.21. The maximum Gasteiger partial charge on any atom is 0.410 e. The molecule has 196 valence electrons. The van der Waals surface area contributed by atoms with Crippen molar-refractivity contribution in [2.24, 2.45) is 7.05 Å². The van der Waals surface area contributed by atoms with Gasteiger partial charge in [-0.15, -0.1) is 0 Å². The molecule has 0 spiro atoms. The molecule has 0 aliphatic carbocycles. The second-order valence-corrected chi connectivity index (χ2v) is 9.23. The van der Waals surface area contributed by atoms with Crippen LogP contribution in [0.1, 0.15) is 50.5 Å². The van der Waals surface area contributed by atoms with Crippen LogP contribution in [0.4, 0.5) is 10.6 Å². The number of aryl methyl sites for hydroxylation is 1. The maximum atomic E-state index is 13.1. The minimum Gasteiger partial charge on any atom is -0.444 e. The van der Waals surface area contributed by atoms with Gasteiger partial charge in [-0.1, -0.05) is 44.2 Å². The number of anilines is 1. The van der Waals surface area contributed by atoms with Crippen LogP contribution in [0.3, 0.4) is 0 Å². The van der Waals surface area contributed by atoms with E-state index in [-0.39, 0.29) is 18.8 Å². The molecule has 1 N–H and O–H groups in total. The number of nitrogens with one attached hydrogen (secondary N) is 1. The molecule has 10 heteroatoms. The van der Waals surface area contributed by atoms with Crippen LogP contribution < -0.4 is 10.2 Å². The second-order valence-electron chi connectivity index (χ2n) is 9.23. The molecule has 1 fully saturated rings. The fourth-order valence-corrected chi connectivity index (χ4v) is 3.69. The molecule has 1 aromatic carbocycles. The Morgan fingerprint density at radius 3 is 2.25 bits per heavy atom. The number of Topliss-reactive ketones (excluding diaryl/α,β-unsaturated/α-hetero) is 1. The first-order valence-corrected chi connectivity index (χ1v) is 12.2. The molecule has 1 unspecified atom stereocenters. The zero-order valence-electron chi connectivity index (χ0n) is 22.0. The number of benzene rings is 1. The summed E-state index contributed by atoms with van der Waals surface area (Å²) >= 11 is 0. The fourth-order valence-electron chi connectivity index (χ4n) is 3.69. The first kappa shape index (κ1) is 28.5. The van der Waals surface area contributed by atoms with Gasteiger partial charge in [0.05, 0.1) is 6.04 Å². The summed E-state index contributed by atoms with van der Waals surface area (Å²) in [7, 11) is 1.70. The molecule has 2 heterocycles. The number of carbonyl (C=O) groups is 4. The van der Waals surface area contributed by atoms with E-state index in [1.54, 1.807) is 18.1 Å². The lowest BCUT2D eigenvalue weighted by molar-refractivity contribution is -0.131. The molecular weight excluding hydrogens is 462 g/mol. The van der Waals surface area contributed by atoms with Crippen LogP contribution in [-0.2, 0) is 27.8 Å². The van der Waals surface area contributed by atoms with E-state index in [1.807, 2.05) is 69.9 Å². The van der Waals surface area contributed by atoms with Crippen molar-refractivity contribution >= 4 is 29.9 Å². The molecule has 1 atom stereocenters. The Bertz CT molecular complexity index is 1040. The number of hydrogen-bond acceptors (Lipinski definition) is 7. The van der Waals surface area contributed by atoms with Crippen LogP contribution in [-0.4, -0.2) is 76.6 Å². The van der Waals surface area contributed by atoms with Crippen LogP contribution >= 0.6 is 0 Å². The Kier molecular flexibility index (Phi) is 10.2. The summed E-state index contributed by atoms with van der Waals surface area (Å²) in [6.45, 7) is 11.2. The van der Waals surface area contributed by atoms with Crippen LogP contribution in [0.25, 0.3) is 0 Å². The molecule has 10 nitrogen and oxygen atoms in total. The molecule has 1 aromatic heterocycles. The molecule has 1 aliphatic rings. The Labute approximate surface area is 212 Å². The van der Waals surface area contributed by atoms with Crippen LogP contribution in [0.15, 0.2) is 36.5 Å². The quantitative estimate of drug-likeness (QED) is 0.460. The number of aldehydes is 1. The highest BCUT2D eigenvalue weighted by atomic mass is 16.6. The number of rotatable bonds is 7.